The first-order chi connectivity index (χ1) is 23.7. The molecular formula is C31H37F6N9O3S. The monoisotopic (exact) mass is 729 g/mol. The molecule has 1 aromatic heterocycles. The minimum Gasteiger partial charge on any atom is -0.404 e. The van der Waals surface area contributed by atoms with Crippen molar-refractivity contribution in [2.24, 2.45) is 10.7 Å². The van der Waals surface area contributed by atoms with Crippen molar-refractivity contribution in [3.05, 3.63) is 53.5 Å². The molecule has 2 atom stereocenters. The smallest absolute Gasteiger partial charge is 0.404 e. The van der Waals surface area contributed by atoms with Gasteiger partial charge in [0, 0.05) is 82.5 Å². The molecule has 0 radical (unpaired) electrons. The number of aromatic nitrogens is 2. The van der Waals surface area contributed by atoms with Crippen molar-refractivity contribution in [3.8, 4) is 0 Å². The average Bonchev–Trinajstić information content (AvgIpc) is 3.06. The second kappa shape index (κ2) is 15.9. The van der Waals surface area contributed by atoms with Crippen molar-refractivity contribution in [2.75, 3.05) is 51.1 Å². The van der Waals surface area contributed by atoms with Gasteiger partial charge in [0.15, 0.2) is 0 Å². The molecule has 2 unspecified atom stereocenters. The number of imide groups is 1. The number of piperidine rings is 2. The van der Waals surface area contributed by atoms with Crippen molar-refractivity contribution >= 4 is 40.5 Å². The van der Waals surface area contributed by atoms with Crippen LogP contribution in [0.4, 0.5) is 32.3 Å². The molecule has 12 nitrogen and oxygen atoms in total. The van der Waals surface area contributed by atoms with Crippen molar-refractivity contribution in [1.82, 2.24) is 29.4 Å². The number of carbonyl (C=O) groups excluding carboxylic acids is 2. The Bertz CT molecular complexity index is 1620. The van der Waals surface area contributed by atoms with Gasteiger partial charge in [-0.1, -0.05) is 12.1 Å². The summed E-state index contributed by atoms with van der Waals surface area (Å²) in [6, 6.07) is 6.96. The number of nitrogens with zero attached hydrogens (tertiary/aromatic N) is 6. The molecule has 50 heavy (non-hydrogen) atoms. The number of aliphatic imine (C=N–C) groups is 1. The lowest BCUT2D eigenvalue weighted by molar-refractivity contribution is -0.139. The molecule has 3 saturated heterocycles. The molecule has 5 rings (SSSR count). The molecule has 3 aliphatic rings. The summed E-state index contributed by atoms with van der Waals surface area (Å²) in [5.41, 5.74) is 4.00. The standard InChI is InChI=1S/C31H37F6N9O3S/c32-30(33,34)19-39-16-21(15-38)27-24(31(35,36)37)17-40-29(43-27)41-22-6-8-46(9-7-22)50(49)23-3-1-2-20(14-23)18-44-10-12-45(13-11-44)25-4-5-26(47)42-28(25)48/h1-3,14-17,22,25H,4-13,18-19,38H2,(H,40,41,43)(H,42,47,48)/b21-15+,39-16?. The van der Waals surface area contributed by atoms with Crippen LogP contribution in [0.15, 0.2) is 46.6 Å². The fourth-order valence-corrected chi connectivity index (χ4v) is 7.37. The Labute approximate surface area is 286 Å². The van der Waals surface area contributed by atoms with Crippen LogP contribution < -0.4 is 16.4 Å². The Kier molecular flexibility index (Phi) is 11.9. The van der Waals surface area contributed by atoms with Crippen molar-refractivity contribution in [1.29, 1.82) is 0 Å². The fraction of sp³-hybridized carbons (Fsp3) is 0.516. The quantitative estimate of drug-likeness (QED) is 0.191. The number of rotatable bonds is 10. The predicted octanol–water partition coefficient (Wildman–Crippen LogP) is 2.95. The summed E-state index contributed by atoms with van der Waals surface area (Å²) in [4.78, 5) is 39.6. The molecule has 0 bridgehead atoms. The number of amides is 2. The highest BCUT2D eigenvalue weighted by Crippen LogP contribution is 2.34. The molecule has 3 aliphatic heterocycles. The summed E-state index contributed by atoms with van der Waals surface area (Å²) in [5.74, 6) is -0.639. The summed E-state index contributed by atoms with van der Waals surface area (Å²) in [7, 11) is -1.46. The first-order valence-electron chi connectivity index (χ1n) is 16.0. The topological polar surface area (TPSA) is 149 Å². The van der Waals surface area contributed by atoms with Gasteiger partial charge in [-0.2, -0.15) is 26.3 Å². The Morgan fingerprint density at radius 2 is 1.78 bits per heavy atom. The third-order valence-corrected chi connectivity index (χ3v) is 10.1. The second-order valence-electron chi connectivity index (χ2n) is 12.2. The fourth-order valence-electron chi connectivity index (χ4n) is 6.08. The number of halogens is 6. The minimum absolute atomic E-state index is 0.165. The van der Waals surface area contributed by atoms with Gasteiger partial charge in [0.05, 0.1) is 16.6 Å². The maximum absolute atomic E-state index is 13.7. The third-order valence-electron chi connectivity index (χ3n) is 8.63. The van der Waals surface area contributed by atoms with Gasteiger partial charge in [-0.3, -0.25) is 29.7 Å². The van der Waals surface area contributed by atoms with Gasteiger partial charge in [-0.25, -0.2) is 18.5 Å². The molecule has 2 amide bonds. The van der Waals surface area contributed by atoms with Crippen molar-refractivity contribution in [3.63, 3.8) is 0 Å². The second-order valence-corrected chi connectivity index (χ2v) is 13.7. The van der Waals surface area contributed by atoms with Gasteiger partial charge in [0.25, 0.3) is 0 Å². The lowest BCUT2D eigenvalue weighted by Crippen LogP contribution is -2.57. The number of nitrogens with two attached hydrogens (primary N) is 1. The normalized spacial score (nSPS) is 21.8. The van der Waals surface area contributed by atoms with E-state index >= 15 is 0 Å². The van der Waals surface area contributed by atoms with E-state index in [0.717, 1.165) is 18.7 Å². The molecule has 0 saturated carbocycles. The SMILES string of the molecule is N/C=C(\C=NCC(F)(F)F)c1nc(NC2CCN(S(=O)c3cccc(CN4CCN(C5CCC(=O)NC5=O)CC4)c3)CC2)ncc1C(F)(F)F. The molecule has 1 aromatic carbocycles. The van der Waals surface area contributed by atoms with Crippen LogP contribution >= 0.6 is 0 Å². The van der Waals surface area contributed by atoms with E-state index in [2.05, 4.69) is 35.4 Å². The third kappa shape index (κ3) is 9.85. The van der Waals surface area contributed by atoms with Crippen LogP contribution in [0.1, 0.15) is 42.5 Å². The van der Waals surface area contributed by atoms with E-state index in [-0.39, 0.29) is 29.8 Å². The van der Waals surface area contributed by atoms with Gasteiger partial charge < -0.3 is 11.1 Å². The molecule has 0 spiro atoms. The van der Waals surface area contributed by atoms with Crippen LogP contribution in [-0.4, -0.2) is 110 Å². The zero-order chi connectivity index (χ0) is 36.1. The van der Waals surface area contributed by atoms with Crippen molar-refractivity contribution in [2.45, 2.75) is 61.6 Å². The molecule has 4 heterocycles. The number of allylic oxidation sites excluding steroid dienone is 1. The van der Waals surface area contributed by atoms with E-state index in [1.54, 1.807) is 10.4 Å². The van der Waals surface area contributed by atoms with Crippen LogP contribution in [-0.2, 0) is 33.3 Å². The lowest BCUT2D eigenvalue weighted by atomic mass is 10.0. The van der Waals surface area contributed by atoms with E-state index in [1.807, 2.05) is 18.2 Å². The number of carbonyl (C=O) groups is 2. The predicted molar refractivity (Wildman–Crippen MR) is 173 cm³/mol. The summed E-state index contributed by atoms with van der Waals surface area (Å²) in [6.45, 7) is 2.73. The van der Waals surface area contributed by atoms with E-state index in [9.17, 15) is 40.1 Å². The zero-order valence-electron chi connectivity index (χ0n) is 26.8. The van der Waals surface area contributed by atoms with Gasteiger partial charge in [0.1, 0.15) is 23.1 Å². The van der Waals surface area contributed by atoms with Gasteiger partial charge >= 0.3 is 12.4 Å². The van der Waals surface area contributed by atoms with Gasteiger partial charge in [-0.05, 0) is 37.0 Å². The number of nitrogens with one attached hydrogen (secondary N) is 2. The van der Waals surface area contributed by atoms with E-state index in [0.29, 0.717) is 81.9 Å². The highest BCUT2D eigenvalue weighted by atomic mass is 32.2. The van der Waals surface area contributed by atoms with E-state index < -0.39 is 46.7 Å². The lowest BCUT2D eigenvalue weighted by Gasteiger charge is -2.39. The summed E-state index contributed by atoms with van der Waals surface area (Å²) >= 11 is 0. The summed E-state index contributed by atoms with van der Waals surface area (Å²) in [5, 5.41) is 5.40. The van der Waals surface area contributed by atoms with Crippen LogP contribution in [0.2, 0.25) is 0 Å². The van der Waals surface area contributed by atoms with Crippen LogP contribution in [0.25, 0.3) is 5.57 Å². The molecule has 19 heteroatoms. The number of hydrogen-bond acceptors (Lipinski definition) is 10. The molecule has 3 fully saturated rings. The number of piperazine rings is 1. The maximum Gasteiger partial charge on any atom is 0.419 e. The highest BCUT2D eigenvalue weighted by Gasteiger charge is 2.37. The molecule has 4 N–H and O–H groups in total. The minimum atomic E-state index is -4.90. The first kappa shape index (κ1) is 37.3. The average molecular weight is 730 g/mol. The number of hydrogen-bond donors (Lipinski definition) is 3. The van der Waals surface area contributed by atoms with Gasteiger partial charge in [-0.15, -0.1) is 0 Å². The van der Waals surface area contributed by atoms with Crippen LogP contribution in [0.5, 0.6) is 0 Å². The molecular weight excluding hydrogens is 692 g/mol. The largest absolute Gasteiger partial charge is 0.419 e. The number of benzene rings is 1. The maximum atomic E-state index is 13.7. The Morgan fingerprint density at radius 3 is 2.42 bits per heavy atom. The van der Waals surface area contributed by atoms with Crippen LogP contribution in [0.3, 0.4) is 0 Å². The number of anilines is 1. The molecule has 272 valence electrons. The first-order valence-corrected chi connectivity index (χ1v) is 17.1. The molecule has 0 aliphatic carbocycles. The highest BCUT2D eigenvalue weighted by molar-refractivity contribution is 7.82. The summed E-state index contributed by atoms with van der Waals surface area (Å²) in [6.07, 6.45) is -5.91. The van der Waals surface area contributed by atoms with E-state index in [4.69, 9.17) is 5.73 Å². The van der Waals surface area contributed by atoms with Gasteiger partial charge in [0.2, 0.25) is 17.8 Å². The Balaban J connectivity index is 1.15. The van der Waals surface area contributed by atoms with Crippen LogP contribution in [0, 0.1) is 0 Å². The summed E-state index contributed by atoms with van der Waals surface area (Å²) < 4.78 is 94.0. The Hall–Kier alpha value is -3.94. The Morgan fingerprint density at radius 1 is 1.06 bits per heavy atom. The zero-order valence-corrected chi connectivity index (χ0v) is 27.7. The van der Waals surface area contributed by atoms with Crippen molar-refractivity contribution < 1.29 is 40.1 Å². The van der Waals surface area contributed by atoms with E-state index in [1.165, 1.54) is 0 Å². The molecule has 2 aromatic rings. The number of alkyl halides is 6.